The lowest BCUT2D eigenvalue weighted by Gasteiger charge is -2.18. The van der Waals surface area contributed by atoms with E-state index < -0.39 is 40.8 Å². The lowest BCUT2D eigenvalue weighted by molar-refractivity contribution is -0.159. The molecule has 0 aliphatic carbocycles. The third kappa shape index (κ3) is 4.06. The fourth-order valence-electron chi connectivity index (χ4n) is 1.37. The van der Waals surface area contributed by atoms with Crippen LogP contribution >= 0.6 is 11.6 Å². The Hall–Kier alpha value is -1.38. The Balaban J connectivity index is 3.07. The van der Waals surface area contributed by atoms with Crippen molar-refractivity contribution in [3.8, 4) is 0 Å². The summed E-state index contributed by atoms with van der Waals surface area (Å²) in [6.45, 7) is 1.43. The molecule has 0 saturated heterocycles. The zero-order chi connectivity index (χ0) is 15.5. The maximum Gasteiger partial charge on any atom is 0.433 e. The molecule has 0 aliphatic heterocycles. The maximum absolute atomic E-state index is 12.5. The summed E-state index contributed by atoms with van der Waals surface area (Å²) in [5.74, 6) is -1.15. The van der Waals surface area contributed by atoms with Gasteiger partial charge < -0.3 is 14.9 Å². The smallest absolute Gasteiger partial charge is 0.433 e. The molecule has 2 atom stereocenters. The summed E-state index contributed by atoms with van der Waals surface area (Å²) < 4.78 is 42.1. The van der Waals surface area contributed by atoms with E-state index in [0.29, 0.717) is 6.07 Å². The topological polar surface area (TPSA) is 79.7 Å². The Bertz CT molecular complexity index is 495. The summed E-state index contributed by atoms with van der Waals surface area (Å²) in [5, 5.41) is 18.7. The first-order valence-corrected chi connectivity index (χ1v) is 5.82. The second kappa shape index (κ2) is 6.38. The Morgan fingerprint density at radius 3 is 2.55 bits per heavy atom. The molecule has 0 radical (unpaired) electrons. The van der Waals surface area contributed by atoms with E-state index in [1.165, 1.54) is 6.92 Å². The summed E-state index contributed by atoms with van der Waals surface area (Å²) in [5.41, 5.74) is -1.73. The quantitative estimate of drug-likeness (QED) is 0.653. The van der Waals surface area contributed by atoms with Crippen LogP contribution in [0.5, 0.6) is 0 Å². The van der Waals surface area contributed by atoms with Crippen molar-refractivity contribution in [2.24, 2.45) is 0 Å². The number of halogens is 4. The highest BCUT2D eigenvalue weighted by Gasteiger charge is 2.35. The van der Waals surface area contributed by atoms with E-state index in [1.54, 1.807) is 0 Å². The highest BCUT2D eigenvalue weighted by atomic mass is 35.5. The maximum atomic E-state index is 12.5. The number of carbonyl (C=O) groups is 1. The van der Waals surface area contributed by atoms with E-state index >= 15 is 0 Å². The molecule has 1 aromatic rings. The minimum absolute atomic E-state index is 0.0481. The summed E-state index contributed by atoms with van der Waals surface area (Å²) in [7, 11) is 0. The van der Waals surface area contributed by atoms with Crippen LogP contribution in [-0.2, 0) is 15.7 Å². The molecule has 0 aromatic carbocycles. The lowest BCUT2D eigenvalue weighted by Crippen LogP contribution is -2.30. The summed E-state index contributed by atoms with van der Waals surface area (Å²) in [6, 6.07) is 1.42. The van der Waals surface area contributed by atoms with Crippen LogP contribution in [-0.4, -0.2) is 33.9 Å². The van der Waals surface area contributed by atoms with E-state index in [2.05, 4.69) is 9.72 Å². The van der Waals surface area contributed by atoms with E-state index in [9.17, 15) is 28.2 Å². The van der Waals surface area contributed by atoms with Crippen LogP contribution in [0.3, 0.4) is 0 Å². The third-order valence-corrected chi connectivity index (χ3v) is 2.47. The van der Waals surface area contributed by atoms with Crippen LogP contribution < -0.4 is 0 Å². The van der Waals surface area contributed by atoms with Gasteiger partial charge in [0.15, 0.2) is 6.10 Å². The molecule has 0 amide bonds. The number of hydrogen-bond acceptors (Lipinski definition) is 5. The molecule has 5 nitrogen and oxygen atoms in total. The first kappa shape index (κ1) is 16.7. The average Bonchev–Trinajstić information content (AvgIpc) is 2.35. The number of pyridine rings is 1. The van der Waals surface area contributed by atoms with Crippen molar-refractivity contribution in [2.45, 2.75) is 25.3 Å². The minimum atomic E-state index is -4.77. The first-order chi connectivity index (χ1) is 9.16. The van der Waals surface area contributed by atoms with Gasteiger partial charge in [-0.05, 0) is 24.6 Å². The molecule has 0 bridgehead atoms. The van der Waals surface area contributed by atoms with Crippen molar-refractivity contribution >= 4 is 17.6 Å². The van der Waals surface area contributed by atoms with Gasteiger partial charge in [-0.15, -0.1) is 0 Å². The molecule has 112 valence electrons. The van der Waals surface area contributed by atoms with E-state index in [1.807, 2.05) is 0 Å². The van der Waals surface area contributed by atoms with Gasteiger partial charge in [0.2, 0.25) is 0 Å². The van der Waals surface area contributed by atoms with Crippen LogP contribution in [0.1, 0.15) is 24.3 Å². The Morgan fingerprint density at radius 2 is 2.05 bits per heavy atom. The zero-order valence-corrected chi connectivity index (χ0v) is 10.9. The number of alkyl halides is 3. The molecule has 1 rings (SSSR count). The number of ether oxygens (including phenoxy) is 1. The fourth-order valence-corrected chi connectivity index (χ4v) is 1.59. The molecular weight excluding hydrogens is 303 g/mol. The van der Waals surface area contributed by atoms with Gasteiger partial charge in [0.05, 0.1) is 6.61 Å². The van der Waals surface area contributed by atoms with Crippen molar-refractivity contribution in [3.63, 3.8) is 0 Å². The van der Waals surface area contributed by atoms with Gasteiger partial charge in [-0.1, -0.05) is 11.6 Å². The van der Waals surface area contributed by atoms with Crippen LogP contribution in [0.2, 0.25) is 5.15 Å². The second-order valence-electron chi connectivity index (χ2n) is 3.75. The monoisotopic (exact) mass is 313 g/mol. The van der Waals surface area contributed by atoms with E-state index in [4.69, 9.17) is 11.6 Å². The third-order valence-electron chi connectivity index (χ3n) is 2.28. The Kier molecular flexibility index (Phi) is 5.32. The van der Waals surface area contributed by atoms with Crippen molar-refractivity contribution in [2.75, 3.05) is 6.61 Å². The molecule has 2 unspecified atom stereocenters. The molecule has 2 N–H and O–H groups in total. The normalized spacial score (nSPS) is 14.8. The van der Waals surface area contributed by atoms with Crippen molar-refractivity contribution in [3.05, 3.63) is 28.5 Å². The zero-order valence-electron chi connectivity index (χ0n) is 10.2. The Labute approximate surface area is 117 Å². The summed E-state index contributed by atoms with van der Waals surface area (Å²) >= 11 is 5.43. The molecule has 0 spiro atoms. The van der Waals surface area contributed by atoms with Gasteiger partial charge in [-0.2, -0.15) is 13.2 Å². The fraction of sp³-hybridized carbons (Fsp3) is 0.455. The predicted octanol–water partition coefficient (Wildman–Crippen LogP) is 1.71. The van der Waals surface area contributed by atoms with E-state index in [-0.39, 0.29) is 6.61 Å². The summed E-state index contributed by atoms with van der Waals surface area (Å²) in [6.07, 6.45) is -8.70. The van der Waals surface area contributed by atoms with Gasteiger partial charge in [-0.3, -0.25) is 0 Å². The number of aliphatic hydroxyl groups excluding tert-OH is 2. The molecule has 20 heavy (non-hydrogen) atoms. The first-order valence-electron chi connectivity index (χ1n) is 5.44. The predicted molar refractivity (Wildman–Crippen MR) is 61.8 cm³/mol. The molecule has 0 aliphatic rings. The van der Waals surface area contributed by atoms with Crippen LogP contribution in [0.25, 0.3) is 0 Å². The van der Waals surface area contributed by atoms with Crippen molar-refractivity contribution in [1.82, 2.24) is 4.98 Å². The number of nitrogens with zero attached hydrogens (tertiary/aromatic N) is 1. The molecule has 0 saturated carbocycles. The van der Waals surface area contributed by atoms with Crippen LogP contribution in [0.4, 0.5) is 13.2 Å². The second-order valence-corrected chi connectivity index (χ2v) is 4.14. The molecular formula is C11H11ClF3NO4. The van der Waals surface area contributed by atoms with Gasteiger partial charge in [-0.25, -0.2) is 9.78 Å². The number of rotatable bonds is 4. The molecule has 1 aromatic heterocycles. The lowest BCUT2D eigenvalue weighted by atomic mass is 10.0. The van der Waals surface area contributed by atoms with Crippen molar-refractivity contribution < 1.29 is 32.9 Å². The van der Waals surface area contributed by atoms with Crippen LogP contribution in [0.15, 0.2) is 12.1 Å². The molecule has 1 heterocycles. The highest BCUT2D eigenvalue weighted by molar-refractivity contribution is 6.29. The largest absolute Gasteiger partial charge is 0.464 e. The van der Waals surface area contributed by atoms with Gasteiger partial charge in [0.1, 0.15) is 17.0 Å². The minimum Gasteiger partial charge on any atom is -0.464 e. The number of esters is 1. The molecule has 0 fully saturated rings. The standard InChI is InChI=1S/C11H11ClF3NO4/c1-2-20-10(19)9(18)8(17)5-3-6(11(13,14)15)16-7(12)4-5/h3-4,8-9,17-18H,2H2,1H3. The van der Waals surface area contributed by atoms with Crippen molar-refractivity contribution in [1.29, 1.82) is 0 Å². The van der Waals surface area contributed by atoms with E-state index in [0.717, 1.165) is 6.07 Å². The number of aliphatic hydroxyl groups is 2. The SMILES string of the molecule is CCOC(=O)C(O)C(O)c1cc(Cl)nc(C(F)(F)F)c1. The van der Waals surface area contributed by atoms with Crippen LogP contribution in [0, 0.1) is 0 Å². The summed E-state index contributed by atoms with van der Waals surface area (Å²) in [4.78, 5) is 14.3. The highest BCUT2D eigenvalue weighted by Crippen LogP contribution is 2.31. The van der Waals surface area contributed by atoms with Gasteiger partial charge in [0.25, 0.3) is 0 Å². The number of carbonyl (C=O) groups excluding carboxylic acids is 1. The molecule has 9 heteroatoms. The Morgan fingerprint density at radius 1 is 1.45 bits per heavy atom. The van der Waals surface area contributed by atoms with Gasteiger partial charge >= 0.3 is 12.1 Å². The average molecular weight is 314 g/mol. The van der Waals surface area contributed by atoms with Gasteiger partial charge in [0, 0.05) is 0 Å². The number of hydrogen-bond donors (Lipinski definition) is 2. The number of aromatic nitrogens is 1.